The van der Waals surface area contributed by atoms with E-state index in [0.717, 1.165) is 36.8 Å². The largest absolute Gasteiger partial charge is 0.494 e. The van der Waals surface area contributed by atoms with Gasteiger partial charge in [-0.3, -0.25) is 19.1 Å². The molecule has 1 aromatic heterocycles. The van der Waals surface area contributed by atoms with Gasteiger partial charge in [-0.2, -0.15) is 0 Å². The predicted molar refractivity (Wildman–Crippen MR) is 131 cm³/mol. The topological polar surface area (TPSA) is 63.6 Å². The second-order valence-corrected chi connectivity index (χ2v) is 8.63. The minimum atomic E-state index is -0.144. The fourth-order valence-corrected chi connectivity index (χ4v) is 3.76. The van der Waals surface area contributed by atoms with Gasteiger partial charge < -0.3 is 10.1 Å². The van der Waals surface area contributed by atoms with Crippen LogP contribution in [0.5, 0.6) is 5.75 Å². The number of amides is 1. The highest BCUT2D eigenvalue weighted by atomic mass is 16.5. The molecule has 1 saturated carbocycles. The number of fused-ring (bicyclic) bond motifs is 1. The molecule has 0 radical (unpaired) electrons. The maximum absolute atomic E-state index is 13.4. The van der Waals surface area contributed by atoms with Crippen LogP contribution in [0, 0.1) is 19.3 Å². The molecule has 0 unspecified atom stereocenters. The highest BCUT2D eigenvalue weighted by molar-refractivity contribution is 5.95. The van der Waals surface area contributed by atoms with Crippen molar-refractivity contribution in [3.63, 3.8) is 0 Å². The third kappa shape index (κ3) is 5.44. The summed E-state index contributed by atoms with van der Waals surface area (Å²) in [5.41, 5.74) is 2.03. The number of aromatic nitrogens is 1. The summed E-state index contributed by atoms with van der Waals surface area (Å²) in [4.78, 5) is 27.9. The van der Waals surface area contributed by atoms with Crippen molar-refractivity contribution in [1.82, 2.24) is 14.8 Å². The molecule has 6 nitrogen and oxygen atoms in total. The molecule has 170 valence electrons. The van der Waals surface area contributed by atoms with Gasteiger partial charge in [-0.15, -0.1) is 6.42 Å². The van der Waals surface area contributed by atoms with Gasteiger partial charge in [0.2, 0.25) is 0 Å². The second-order valence-electron chi connectivity index (χ2n) is 8.63. The Morgan fingerprint density at radius 2 is 2.06 bits per heavy atom. The van der Waals surface area contributed by atoms with Crippen LogP contribution in [0.1, 0.15) is 35.2 Å². The molecule has 1 heterocycles. The maximum atomic E-state index is 13.4. The van der Waals surface area contributed by atoms with Crippen molar-refractivity contribution in [1.29, 1.82) is 0 Å². The molecular formula is C27H29N3O3. The molecule has 1 amide bonds. The quantitative estimate of drug-likeness (QED) is 0.406. The molecule has 1 aliphatic carbocycles. The van der Waals surface area contributed by atoms with Crippen LogP contribution in [0.25, 0.3) is 16.5 Å². The average molecular weight is 444 g/mol. The zero-order valence-corrected chi connectivity index (χ0v) is 19.1. The first-order chi connectivity index (χ1) is 16.0. The Morgan fingerprint density at radius 3 is 2.82 bits per heavy atom. The highest BCUT2D eigenvalue weighted by Gasteiger charge is 2.24. The Morgan fingerprint density at radius 1 is 1.24 bits per heavy atom. The molecule has 0 atom stereocenters. The summed E-state index contributed by atoms with van der Waals surface area (Å²) < 4.78 is 7.48. The van der Waals surface area contributed by atoms with Gasteiger partial charge in [0.05, 0.1) is 24.2 Å². The predicted octanol–water partition coefficient (Wildman–Crippen LogP) is 3.53. The van der Waals surface area contributed by atoms with Crippen LogP contribution in [-0.4, -0.2) is 48.2 Å². The lowest BCUT2D eigenvalue weighted by Crippen LogP contribution is -2.26. The van der Waals surface area contributed by atoms with Crippen LogP contribution >= 0.6 is 0 Å². The number of carbonyl (C=O) groups excluding carboxylic acids is 1. The van der Waals surface area contributed by atoms with Gasteiger partial charge in [-0.05, 0) is 74.5 Å². The lowest BCUT2D eigenvalue weighted by molar-refractivity contribution is 0.0951. The number of ether oxygens (including phenoxy) is 1. The Hall–Kier alpha value is -3.56. The highest BCUT2D eigenvalue weighted by Crippen LogP contribution is 2.22. The van der Waals surface area contributed by atoms with Crippen molar-refractivity contribution in [2.75, 3.05) is 26.7 Å². The molecule has 1 fully saturated rings. The van der Waals surface area contributed by atoms with Gasteiger partial charge in [0.15, 0.2) is 0 Å². The molecule has 0 aliphatic heterocycles. The smallest absolute Gasteiger partial charge is 0.263 e. The van der Waals surface area contributed by atoms with Crippen molar-refractivity contribution >= 4 is 16.7 Å². The van der Waals surface area contributed by atoms with E-state index in [0.29, 0.717) is 35.5 Å². The number of aryl methyl sites for hydroxylation is 1. The summed E-state index contributed by atoms with van der Waals surface area (Å²) in [5, 5.41) is 4.42. The summed E-state index contributed by atoms with van der Waals surface area (Å²) in [6, 6.07) is 13.2. The second kappa shape index (κ2) is 9.93. The minimum Gasteiger partial charge on any atom is -0.494 e. The van der Waals surface area contributed by atoms with Crippen molar-refractivity contribution in [2.45, 2.75) is 32.2 Å². The average Bonchev–Trinajstić information content (AvgIpc) is 3.62. The lowest BCUT2D eigenvalue weighted by Gasteiger charge is -2.14. The van der Waals surface area contributed by atoms with E-state index >= 15 is 0 Å². The Kier molecular flexibility index (Phi) is 6.81. The fourth-order valence-electron chi connectivity index (χ4n) is 3.76. The summed E-state index contributed by atoms with van der Waals surface area (Å²) in [6.07, 6.45) is 9.98. The van der Waals surface area contributed by atoms with E-state index in [1.54, 1.807) is 29.0 Å². The third-order valence-corrected chi connectivity index (χ3v) is 5.83. The molecule has 1 aliphatic rings. The number of rotatable bonds is 9. The summed E-state index contributed by atoms with van der Waals surface area (Å²) in [6.45, 7) is 3.93. The van der Waals surface area contributed by atoms with Crippen LogP contribution < -0.4 is 15.6 Å². The van der Waals surface area contributed by atoms with Crippen molar-refractivity contribution in [3.8, 4) is 23.8 Å². The van der Waals surface area contributed by atoms with Gasteiger partial charge in [0.1, 0.15) is 5.75 Å². The molecule has 4 rings (SSSR count). The molecular weight excluding hydrogens is 414 g/mol. The number of nitrogens with zero attached hydrogens (tertiary/aromatic N) is 2. The van der Waals surface area contributed by atoms with E-state index in [-0.39, 0.29) is 17.5 Å². The van der Waals surface area contributed by atoms with Crippen LogP contribution in [0.4, 0.5) is 0 Å². The molecule has 1 N–H and O–H groups in total. The molecule has 6 heteroatoms. The standard InChI is InChI=1S/C27H29N3O3/c1-4-13-29(3)14-5-16-33-23-11-8-20-12-15-30(27(32)24(20)18-23)25-17-21(7-6-19(25)2)26(31)28-22-9-10-22/h1,6-8,11-12,15,17-18,22H,5,9-10,13-14,16H2,2-3H3,(H,28,31). The number of pyridine rings is 1. The zero-order chi connectivity index (χ0) is 23.4. The maximum Gasteiger partial charge on any atom is 0.263 e. The molecule has 2 aromatic carbocycles. The number of benzene rings is 2. The van der Waals surface area contributed by atoms with E-state index in [2.05, 4.69) is 16.1 Å². The molecule has 0 spiro atoms. The zero-order valence-electron chi connectivity index (χ0n) is 19.1. The number of nitrogens with one attached hydrogen (secondary N) is 1. The Bertz CT molecular complexity index is 1270. The van der Waals surface area contributed by atoms with E-state index in [9.17, 15) is 9.59 Å². The van der Waals surface area contributed by atoms with Gasteiger partial charge >= 0.3 is 0 Å². The third-order valence-electron chi connectivity index (χ3n) is 5.83. The van der Waals surface area contributed by atoms with Gasteiger partial charge in [-0.25, -0.2) is 0 Å². The Labute approximate surface area is 194 Å². The van der Waals surface area contributed by atoms with Crippen molar-refractivity contribution < 1.29 is 9.53 Å². The van der Waals surface area contributed by atoms with Crippen molar-refractivity contribution in [3.05, 3.63) is 70.1 Å². The fraction of sp³-hybridized carbons (Fsp3) is 0.333. The molecule has 0 saturated heterocycles. The van der Waals surface area contributed by atoms with Gasteiger partial charge in [0, 0.05) is 24.3 Å². The first-order valence-corrected chi connectivity index (χ1v) is 11.3. The van der Waals surface area contributed by atoms with E-state index < -0.39 is 0 Å². The lowest BCUT2D eigenvalue weighted by atomic mass is 10.1. The molecule has 33 heavy (non-hydrogen) atoms. The number of carbonyl (C=O) groups is 1. The van der Waals surface area contributed by atoms with Crippen LogP contribution in [0.2, 0.25) is 0 Å². The first-order valence-electron chi connectivity index (χ1n) is 11.3. The van der Waals surface area contributed by atoms with E-state index in [1.807, 2.05) is 38.2 Å². The monoisotopic (exact) mass is 443 g/mol. The van der Waals surface area contributed by atoms with Gasteiger partial charge in [-0.1, -0.05) is 18.1 Å². The van der Waals surface area contributed by atoms with Crippen molar-refractivity contribution in [2.24, 2.45) is 0 Å². The summed E-state index contributed by atoms with van der Waals surface area (Å²) in [5.74, 6) is 3.18. The normalized spacial score (nSPS) is 13.2. The molecule has 0 bridgehead atoms. The first kappa shape index (κ1) is 22.6. The summed E-state index contributed by atoms with van der Waals surface area (Å²) >= 11 is 0. The Balaban J connectivity index is 1.56. The van der Waals surface area contributed by atoms with Gasteiger partial charge in [0.25, 0.3) is 11.5 Å². The number of terminal acetylenes is 1. The van der Waals surface area contributed by atoms with E-state index in [1.165, 1.54) is 0 Å². The van der Waals surface area contributed by atoms with Crippen LogP contribution in [0.3, 0.4) is 0 Å². The van der Waals surface area contributed by atoms with Crippen LogP contribution in [-0.2, 0) is 0 Å². The number of hydrogen-bond donors (Lipinski definition) is 1. The number of hydrogen-bond acceptors (Lipinski definition) is 4. The minimum absolute atomic E-state index is 0.101. The summed E-state index contributed by atoms with van der Waals surface area (Å²) in [7, 11) is 1.98. The SMILES string of the molecule is C#CCN(C)CCCOc1ccc2ccn(-c3cc(C(=O)NC4CC4)ccc3C)c(=O)c2c1. The van der Waals surface area contributed by atoms with E-state index in [4.69, 9.17) is 11.2 Å². The van der Waals surface area contributed by atoms with Crippen LogP contribution in [0.15, 0.2) is 53.5 Å². The molecule has 3 aromatic rings.